The first-order valence-electron chi connectivity index (χ1n) is 10.5. The molecule has 0 aliphatic rings. The summed E-state index contributed by atoms with van der Waals surface area (Å²) >= 11 is 7.24. The number of nitrogens with one attached hydrogen (secondary N) is 1. The summed E-state index contributed by atoms with van der Waals surface area (Å²) in [5.41, 5.74) is 5.67. The van der Waals surface area contributed by atoms with Crippen molar-refractivity contribution in [1.82, 2.24) is 10.4 Å². The molecule has 174 valence electrons. The molecule has 0 saturated heterocycles. The zero-order valence-corrected chi connectivity index (χ0v) is 19.9. The molecule has 0 bridgehead atoms. The topological polar surface area (TPSA) is 86.0 Å². The van der Waals surface area contributed by atoms with Gasteiger partial charge in [-0.3, -0.25) is 4.79 Å². The van der Waals surface area contributed by atoms with Crippen molar-refractivity contribution in [3.63, 3.8) is 0 Å². The molecular formula is C25H22ClN3O4S. The molecule has 0 spiro atoms. The minimum Gasteiger partial charge on any atom is -0.490 e. The summed E-state index contributed by atoms with van der Waals surface area (Å²) in [6.45, 7) is 2.75. The van der Waals surface area contributed by atoms with E-state index in [0.717, 1.165) is 16.6 Å². The molecule has 0 aliphatic heterocycles. The number of carbonyl (C=O) groups is 1. The van der Waals surface area contributed by atoms with Gasteiger partial charge in [0.05, 0.1) is 18.6 Å². The zero-order chi connectivity index (χ0) is 23.8. The Balaban J connectivity index is 1.31. The first kappa shape index (κ1) is 23.7. The van der Waals surface area contributed by atoms with Gasteiger partial charge in [0.15, 0.2) is 17.1 Å². The number of hydrogen-bond acceptors (Lipinski definition) is 7. The van der Waals surface area contributed by atoms with Crippen LogP contribution in [0.1, 0.15) is 18.1 Å². The van der Waals surface area contributed by atoms with E-state index in [0.29, 0.717) is 40.5 Å². The third kappa shape index (κ3) is 6.52. The van der Waals surface area contributed by atoms with Gasteiger partial charge in [-0.05, 0) is 60.5 Å². The quantitative estimate of drug-likeness (QED) is 0.172. The van der Waals surface area contributed by atoms with E-state index < -0.39 is 0 Å². The number of thioether (sulfide) groups is 1. The highest BCUT2D eigenvalue weighted by Crippen LogP contribution is 2.29. The highest BCUT2D eigenvalue weighted by Gasteiger charge is 2.09. The molecule has 1 aromatic heterocycles. The largest absolute Gasteiger partial charge is 0.490 e. The molecule has 34 heavy (non-hydrogen) atoms. The Labute approximate surface area is 206 Å². The van der Waals surface area contributed by atoms with Crippen molar-refractivity contribution in [2.24, 2.45) is 5.10 Å². The minimum atomic E-state index is -0.269. The summed E-state index contributed by atoms with van der Waals surface area (Å²) in [4.78, 5) is 16.5. The van der Waals surface area contributed by atoms with Crippen LogP contribution in [0.4, 0.5) is 0 Å². The van der Waals surface area contributed by atoms with Gasteiger partial charge >= 0.3 is 0 Å². The summed E-state index contributed by atoms with van der Waals surface area (Å²) in [5.74, 6) is 1.06. The van der Waals surface area contributed by atoms with Crippen molar-refractivity contribution in [2.45, 2.75) is 18.8 Å². The second-order valence-corrected chi connectivity index (χ2v) is 8.45. The summed E-state index contributed by atoms with van der Waals surface area (Å²) in [6.07, 6.45) is 1.55. The number of ether oxygens (including phenoxy) is 2. The van der Waals surface area contributed by atoms with E-state index in [2.05, 4.69) is 15.5 Å². The van der Waals surface area contributed by atoms with Crippen LogP contribution >= 0.6 is 23.4 Å². The van der Waals surface area contributed by atoms with Gasteiger partial charge in [0.2, 0.25) is 0 Å². The Hall–Kier alpha value is -3.49. The van der Waals surface area contributed by atoms with Crippen LogP contribution in [0.2, 0.25) is 5.02 Å². The van der Waals surface area contributed by atoms with Gasteiger partial charge < -0.3 is 13.9 Å². The molecule has 0 fully saturated rings. The van der Waals surface area contributed by atoms with Gasteiger partial charge in [0.1, 0.15) is 12.1 Å². The van der Waals surface area contributed by atoms with E-state index in [-0.39, 0.29) is 11.7 Å². The van der Waals surface area contributed by atoms with Gasteiger partial charge in [-0.1, -0.05) is 47.6 Å². The smallest absolute Gasteiger partial charge is 0.257 e. The van der Waals surface area contributed by atoms with E-state index in [9.17, 15) is 4.79 Å². The maximum atomic E-state index is 12.1. The number of rotatable bonds is 10. The van der Waals surface area contributed by atoms with Gasteiger partial charge in [0.25, 0.3) is 11.1 Å². The number of carbonyl (C=O) groups excluding carboxylic acids is 1. The molecule has 0 aliphatic carbocycles. The number of amides is 1. The zero-order valence-electron chi connectivity index (χ0n) is 18.4. The lowest BCUT2D eigenvalue weighted by Crippen LogP contribution is -2.19. The Morgan fingerprint density at radius 2 is 2.00 bits per heavy atom. The van der Waals surface area contributed by atoms with Crippen LogP contribution in [0.3, 0.4) is 0 Å². The fourth-order valence-electron chi connectivity index (χ4n) is 3.03. The Kier molecular flexibility index (Phi) is 8.06. The lowest BCUT2D eigenvalue weighted by atomic mass is 10.2. The molecule has 0 atom stereocenters. The maximum absolute atomic E-state index is 12.1. The first-order chi connectivity index (χ1) is 16.6. The first-order valence-corrected chi connectivity index (χ1v) is 11.9. The second kappa shape index (κ2) is 11.6. The van der Waals surface area contributed by atoms with Crippen molar-refractivity contribution >= 4 is 46.6 Å². The maximum Gasteiger partial charge on any atom is 0.257 e. The number of hydrogen-bond donors (Lipinski definition) is 1. The van der Waals surface area contributed by atoms with E-state index in [1.165, 1.54) is 11.8 Å². The molecule has 1 heterocycles. The third-order valence-corrected chi connectivity index (χ3v) is 5.62. The lowest BCUT2D eigenvalue weighted by Gasteiger charge is -2.12. The fraction of sp³-hybridized carbons (Fsp3) is 0.160. The monoisotopic (exact) mass is 495 g/mol. The summed E-state index contributed by atoms with van der Waals surface area (Å²) in [6, 6.07) is 20.4. The molecule has 1 amide bonds. The number of oxazole rings is 1. The molecule has 4 rings (SSSR count). The molecule has 3 aromatic carbocycles. The van der Waals surface area contributed by atoms with Crippen LogP contribution in [0.15, 0.2) is 81.5 Å². The number of halogens is 1. The minimum absolute atomic E-state index is 0.130. The van der Waals surface area contributed by atoms with Crippen molar-refractivity contribution in [3.8, 4) is 11.5 Å². The number of para-hydroxylation sites is 2. The molecular weight excluding hydrogens is 474 g/mol. The van der Waals surface area contributed by atoms with E-state index in [1.807, 2.05) is 67.6 Å². The molecule has 1 N–H and O–H groups in total. The summed E-state index contributed by atoms with van der Waals surface area (Å²) in [5, 5.41) is 5.13. The normalized spacial score (nSPS) is 11.1. The van der Waals surface area contributed by atoms with Crippen LogP contribution in [-0.2, 0) is 11.4 Å². The molecule has 0 saturated carbocycles. The van der Waals surface area contributed by atoms with Crippen molar-refractivity contribution in [1.29, 1.82) is 0 Å². The van der Waals surface area contributed by atoms with Crippen molar-refractivity contribution in [3.05, 3.63) is 82.9 Å². The van der Waals surface area contributed by atoms with Gasteiger partial charge in [-0.25, -0.2) is 10.4 Å². The summed E-state index contributed by atoms with van der Waals surface area (Å²) in [7, 11) is 0. The number of fused-ring (bicyclic) bond motifs is 1. The molecule has 7 nitrogen and oxygen atoms in total. The van der Waals surface area contributed by atoms with Crippen LogP contribution in [0, 0.1) is 0 Å². The van der Waals surface area contributed by atoms with Crippen LogP contribution in [0.5, 0.6) is 11.5 Å². The molecule has 4 aromatic rings. The number of nitrogens with zero attached hydrogens (tertiary/aromatic N) is 2. The predicted molar refractivity (Wildman–Crippen MR) is 134 cm³/mol. The van der Waals surface area contributed by atoms with Crippen LogP contribution in [-0.4, -0.2) is 29.5 Å². The van der Waals surface area contributed by atoms with E-state index in [1.54, 1.807) is 12.3 Å². The van der Waals surface area contributed by atoms with Gasteiger partial charge in [0, 0.05) is 5.02 Å². The fourth-order valence-corrected chi connectivity index (χ4v) is 3.88. The molecule has 0 unspecified atom stereocenters. The number of hydrazone groups is 1. The third-order valence-electron chi connectivity index (χ3n) is 4.55. The Morgan fingerprint density at radius 1 is 1.12 bits per heavy atom. The highest BCUT2D eigenvalue weighted by atomic mass is 35.5. The van der Waals surface area contributed by atoms with Crippen molar-refractivity contribution < 1.29 is 18.7 Å². The molecule has 9 heteroatoms. The van der Waals surface area contributed by atoms with Crippen LogP contribution in [0.25, 0.3) is 11.1 Å². The SMILES string of the molecule is CCOc1cc(/C=N\NC(=O)CSc2nc3ccccc3o2)ccc1OCc1cccc(Cl)c1. The summed E-state index contributed by atoms with van der Waals surface area (Å²) < 4.78 is 17.2. The van der Waals surface area contributed by atoms with Crippen molar-refractivity contribution in [2.75, 3.05) is 12.4 Å². The lowest BCUT2D eigenvalue weighted by molar-refractivity contribution is -0.118. The standard InChI is InChI=1S/C25H22ClN3O4S/c1-2-31-23-13-17(10-11-22(23)32-15-18-6-5-7-19(26)12-18)14-27-29-24(30)16-34-25-28-20-8-3-4-9-21(20)33-25/h3-14H,2,15-16H2,1H3,(H,29,30)/b27-14-. The van der Waals surface area contributed by atoms with E-state index >= 15 is 0 Å². The van der Waals surface area contributed by atoms with Crippen LogP contribution < -0.4 is 14.9 Å². The van der Waals surface area contributed by atoms with Gasteiger partial charge in [-0.2, -0.15) is 5.10 Å². The Morgan fingerprint density at radius 3 is 2.82 bits per heavy atom. The number of aromatic nitrogens is 1. The average molecular weight is 496 g/mol. The molecule has 0 radical (unpaired) electrons. The second-order valence-electron chi connectivity index (χ2n) is 7.09. The highest BCUT2D eigenvalue weighted by molar-refractivity contribution is 7.99. The Bertz CT molecular complexity index is 1280. The van der Waals surface area contributed by atoms with E-state index in [4.69, 9.17) is 25.5 Å². The number of benzene rings is 3. The van der Waals surface area contributed by atoms with Gasteiger partial charge in [-0.15, -0.1) is 0 Å². The predicted octanol–water partition coefficient (Wildman–Crippen LogP) is 5.70. The average Bonchev–Trinajstić information content (AvgIpc) is 3.26.